The van der Waals surface area contributed by atoms with E-state index in [1.54, 1.807) is 11.0 Å². The van der Waals surface area contributed by atoms with E-state index in [1.807, 2.05) is 24.8 Å². The molecule has 2 rings (SSSR count). The second kappa shape index (κ2) is 8.09. The fourth-order valence-corrected chi connectivity index (χ4v) is 2.79. The van der Waals surface area contributed by atoms with Gasteiger partial charge in [-0.05, 0) is 30.0 Å². The first-order chi connectivity index (χ1) is 11.0. The van der Waals surface area contributed by atoms with Crippen molar-refractivity contribution in [1.82, 2.24) is 9.80 Å². The lowest BCUT2D eigenvalue weighted by molar-refractivity contribution is -0.140. The van der Waals surface area contributed by atoms with E-state index in [9.17, 15) is 14.0 Å². The van der Waals surface area contributed by atoms with Crippen LogP contribution < -0.4 is 0 Å². The van der Waals surface area contributed by atoms with Crippen LogP contribution >= 0.6 is 0 Å². The third kappa shape index (κ3) is 5.34. The van der Waals surface area contributed by atoms with Crippen LogP contribution in [0.1, 0.15) is 32.3 Å². The molecule has 0 aliphatic carbocycles. The summed E-state index contributed by atoms with van der Waals surface area (Å²) in [5.41, 5.74) is 0.837. The fourth-order valence-electron chi connectivity index (χ4n) is 2.79. The van der Waals surface area contributed by atoms with Gasteiger partial charge in [0.2, 0.25) is 11.8 Å². The normalized spacial score (nSPS) is 15.1. The number of nitrogens with zero attached hydrogens (tertiary/aromatic N) is 2. The Hall–Kier alpha value is -1.91. The van der Waals surface area contributed by atoms with Crippen molar-refractivity contribution in [3.05, 3.63) is 35.6 Å². The van der Waals surface area contributed by atoms with Crippen molar-refractivity contribution in [1.29, 1.82) is 0 Å². The average molecular weight is 320 g/mol. The zero-order valence-electron chi connectivity index (χ0n) is 13.9. The van der Waals surface area contributed by atoms with Gasteiger partial charge in [-0.15, -0.1) is 0 Å². The SMILES string of the molecule is CC(C)CC(=O)N1CCN(C(=O)CCc2cccc(F)c2)CC1. The van der Waals surface area contributed by atoms with Crippen LogP contribution in [0.25, 0.3) is 0 Å². The van der Waals surface area contributed by atoms with E-state index in [0.717, 1.165) is 5.56 Å². The Labute approximate surface area is 137 Å². The number of carbonyl (C=O) groups is 2. The second-order valence-corrected chi connectivity index (χ2v) is 6.49. The molecule has 0 atom stereocenters. The van der Waals surface area contributed by atoms with Crippen molar-refractivity contribution in [3.8, 4) is 0 Å². The van der Waals surface area contributed by atoms with E-state index < -0.39 is 0 Å². The highest BCUT2D eigenvalue weighted by Crippen LogP contribution is 2.11. The molecule has 0 bridgehead atoms. The highest BCUT2D eigenvalue weighted by molar-refractivity contribution is 5.78. The first-order valence-corrected chi connectivity index (χ1v) is 8.25. The average Bonchev–Trinajstić information content (AvgIpc) is 2.52. The number of hydrogen-bond acceptors (Lipinski definition) is 2. The number of rotatable bonds is 5. The molecule has 1 heterocycles. The van der Waals surface area contributed by atoms with Crippen LogP contribution in [0, 0.1) is 11.7 Å². The Kier molecular flexibility index (Phi) is 6.13. The molecule has 0 unspecified atom stereocenters. The standard InChI is InChI=1S/C18H25FN2O2/c1-14(2)12-18(23)21-10-8-20(9-11-21)17(22)7-6-15-4-3-5-16(19)13-15/h3-5,13-14H,6-12H2,1-2H3. The molecule has 1 aromatic rings. The molecule has 2 amide bonds. The molecule has 4 nitrogen and oxygen atoms in total. The Morgan fingerprint density at radius 3 is 2.26 bits per heavy atom. The molecule has 126 valence electrons. The minimum atomic E-state index is -0.271. The van der Waals surface area contributed by atoms with Crippen LogP contribution in [0.2, 0.25) is 0 Å². The zero-order valence-corrected chi connectivity index (χ0v) is 13.9. The van der Waals surface area contributed by atoms with Crippen LogP contribution in [-0.2, 0) is 16.0 Å². The molecule has 1 fully saturated rings. The van der Waals surface area contributed by atoms with Crippen LogP contribution in [0.15, 0.2) is 24.3 Å². The van der Waals surface area contributed by atoms with E-state index in [0.29, 0.717) is 51.4 Å². The number of piperazine rings is 1. The number of halogens is 1. The summed E-state index contributed by atoms with van der Waals surface area (Å²) in [4.78, 5) is 27.9. The van der Waals surface area contributed by atoms with Gasteiger partial charge in [-0.25, -0.2) is 4.39 Å². The minimum Gasteiger partial charge on any atom is -0.339 e. The zero-order chi connectivity index (χ0) is 16.8. The van der Waals surface area contributed by atoms with Gasteiger partial charge in [0.1, 0.15) is 5.82 Å². The van der Waals surface area contributed by atoms with Crippen molar-refractivity contribution in [2.24, 2.45) is 5.92 Å². The largest absolute Gasteiger partial charge is 0.339 e. The fraction of sp³-hybridized carbons (Fsp3) is 0.556. The maximum absolute atomic E-state index is 13.1. The Balaban J connectivity index is 1.76. The summed E-state index contributed by atoms with van der Waals surface area (Å²) in [6.45, 7) is 6.46. The van der Waals surface area contributed by atoms with Gasteiger partial charge in [0.25, 0.3) is 0 Å². The van der Waals surface area contributed by atoms with Gasteiger partial charge >= 0.3 is 0 Å². The van der Waals surface area contributed by atoms with Crippen molar-refractivity contribution in [2.75, 3.05) is 26.2 Å². The second-order valence-electron chi connectivity index (χ2n) is 6.49. The molecular weight excluding hydrogens is 295 g/mol. The molecule has 1 aromatic carbocycles. The lowest BCUT2D eigenvalue weighted by Gasteiger charge is -2.35. The third-order valence-electron chi connectivity index (χ3n) is 4.08. The number of carbonyl (C=O) groups excluding carboxylic acids is 2. The summed E-state index contributed by atoms with van der Waals surface area (Å²) in [7, 11) is 0. The first kappa shape index (κ1) is 17.4. The summed E-state index contributed by atoms with van der Waals surface area (Å²) in [6, 6.07) is 6.36. The molecule has 0 radical (unpaired) electrons. The van der Waals surface area contributed by atoms with Gasteiger partial charge < -0.3 is 9.80 Å². The third-order valence-corrected chi connectivity index (χ3v) is 4.08. The van der Waals surface area contributed by atoms with Crippen LogP contribution in [0.5, 0.6) is 0 Å². The predicted molar refractivity (Wildman–Crippen MR) is 87.3 cm³/mol. The summed E-state index contributed by atoms with van der Waals surface area (Å²) in [5.74, 6) is 0.331. The summed E-state index contributed by atoms with van der Waals surface area (Å²) in [6.07, 6.45) is 1.49. The Bertz CT molecular complexity index is 552. The number of benzene rings is 1. The smallest absolute Gasteiger partial charge is 0.223 e. The molecule has 1 saturated heterocycles. The molecule has 0 N–H and O–H groups in total. The molecular formula is C18H25FN2O2. The molecule has 1 aliphatic rings. The monoisotopic (exact) mass is 320 g/mol. The van der Waals surface area contributed by atoms with Gasteiger partial charge in [0, 0.05) is 39.0 Å². The van der Waals surface area contributed by atoms with Crippen LogP contribution in [0.4, 0.5) is 4.39 Å². The van der Waals surface area contributed by atoms with Crippen LogP contribution in [0.3, 0.4) is 0 Å². The number of aryl methyl sites for hydroxylation is 1. The molecule has 0 saturated carbocycles. The van der Waals surface area contributed by atoms with Crippen molar-refractivity contribution in [2.45, 2.75) is 33.1 Å². The van der Waals surface area contributed by atoms with Crippen molar-refractivity contribution in [3.63, 3.8) is 0 Å². The summed E-state index contributed by atoms with van der Waals surface area (Å²) >= 11 is 0. The highest BCUT2D eigenvalue weighted by atomic mass is 19.1. The van der Waals surface area contributed by atoms with E-state index in [1.165, 1.54) is 12.1 Å². The topological polar surface area (TPSA) is 40.6 Å². The Morgan fingerprint density at radius 1 is 1.09 bits per heavy atom. The Morgan fingerprint density at radius 2 is 1.70 bits per heavy atom. The van der Waals surface area contributed by atoms with Crippen molar-refractivity contribution < 1.29 is 14.0 Å². The quantitative estimate of drug-likeness (QED) is 0.836. The molecule has 23 heavy (non-hydrogen) atoms. The lowest BCUT2D eigenvalue weighted by Crippen LogP contribution is -2.50. The predicted octanol–water partition coefficient (Wildman–Crippen LogP) is 2.48. The van der Waals surface area contributed by atoms with Gasteiger partial charge in [-0.1, -0.05) is 26.0 Å². The van der Waals surface area contributed by atoms with E-state index in [-0.39, 0.29) is 17.6 Å². The number of amides is 2. The molecule has 5 heteroatoms. The van der Waals surface area contributed by atoms with Crippen LogP contribution in [-0.4, -0.2) is 47.8 Å². The van der Waals surface area contributed by atoms with Gasteiger partial charge in [-0.3, -0.25) is 9.59 Å². The number of hydrogen-bond donors (Lipinski definition) is 0. The molecule has 0 spiro atoms. The van der Waals surface area contributed by atoms with Gasteiger partial charge in [0.05, 0.1) is 0 Å². The van der Waals surface area contributed by atoms with Crippen molar-refractivity contribution >= 4 is 11.8 Å². The van der Waals surface area contributed by atoms with E-state index >= 15 is 0 Å². The van der Waals surface area contributed by atoms with E-state index in [4.69, 9.17) is 0 Å². The highest BCUT2D eigenvalue weighted by Gasteiger charge is 2.24. The molecule has 0 aromatic heterocycles. The first-order valence-electron chi connectivity index (χ1n) is 8.25. The van der Waals surface area contributed by atoms with E-state index in [2.05, 4.69) is 0 Å². The summed E-state index contributed by atoms with van der Waals surface area (Å²) in [5, 5.41) is 0. The minimum absolute atomic E-state index is 0.0743. The lowest BCUT2D eigenvalue weighted by atomic mass is 10.1. The van der Waals surface area contributed by atoms with Gasteiger partial charge in [-0.2, -0.15) is 0 Å². The molecule has 1 aliphatic heterocycles. The summed E-state index contributed by atoms with van der Waals surface area (Å²) < 4.78 is 13.1. The maximum Gasteiger partial charge on any atom is 0.223 e. The van der Waals surface area contributed by atoms with Gasteiger partial charge in [0.15, 0.2) is 0 Å². The maximum atomic E-state index is 13.1.